The Balaban J connectivity index is 2.57. The van der Waals surface area contributed by atoms with E-state index in [1.54, 1.807) is 6.07 Å². The highest BCUT2D eigenvalue weighted by atomic mass is 32.1. The van der Waals surface area contributed by atoms with Crippen molar-refractivity contribution in [2.75, 3.05) is 0 Å². The van der Waals surface area contributed by atoms with Crippen LogP contribution in [0.2, 0.25) is 0 Å². The van der Waals surface area contributed by atoms with E-state index in [9.17, 15) is 13.6 Å². The summed E-state index contributed by atoms with van der Waals surface area (Å²) in [5.41, 5.74) is 0.112. The van der Waals surface area contributed by atoms with Crippen molar-refractivity contribution in [2.24, 2.45) is 0 Å². The zero-order valence-corrected chi connectivity index (χ0v) is 8.22. The monoisotopic (exact) mass is 228 g/mol. The molecule has 1 aromatic heterocycles. The van der Waals surface area contributed by atoms with Gasteiger partial charge in [-0.2, -0.15) is 0 Å². The number of fused-ring (bicyclic) bond motifs is 1. The Morgan fingerprint density at radius 3 is 2.67 bits per heavy atom. The Hall–Kier alpha value is -1.49. The molecule has 1 aromatic carbocycles. The second-order valence-corrected chi connectivity index (χ2v) is 4.12. The molecule has 0 saturated carbocycles. The van der Waals surface area contributed by atoms with E-state index in [1.165, 1.54) is 18.2 Å². The average Bonchev–Trinajstić information content (AvgIpc) is 2.59. The first kappa shape index (κ1) is 10.0. The highest BCUT2D eigenvalue weighted by Gasteiger charge is 2.12. The first-order valence-electron chi connectivity index (χ1n) is 4.13. The number of aromatic carboxylic acids is 1. The highest BCUT2D eigenvalue weighted by molar-refractivity contribution is 7.19. The number of rotatable bonds is 2. The summed E-state index contributed by atoms with van der Waals surface area (Å²) in [6.45, 7) is 0. The molecule has 0 aliphatic rings. The minimum atomic E-state index is -2.50. The van der Waals surface area contributed by atoms with Crippen molar-refractivity contribution in [3.8, 4) is 0 Å². The molecule has 2 aromatic rings. The van der Waals surface area contributed by atoms with Crippen LogP contribution in [0, 0.1) is 0 Å². The normalized spacial score (nSPS) is 11.1. The smallest absolute Gasteiger partial charge is 0.335 e. The van der Waals surface area contributed by atoms with Crippen molar-refractivity contribution in [3.05, 3.63) is 34.7 Å². The van der Waals surface area contributed by atoms with E-state index in [1.807, 2.05) is 0 Å². The molecular formula is C10H6F2O2S. The molecule has 0 aliphatic heterocycles. The topological polar surface area (TPSA) is 37.3 Å². The standard InChI is InChI=1S/C10H6F2O2S/c11-9(12)8-4-6-3-5(10(13)14)1-2-7(6)15-8/h1-4,9H,(H,13,14). The van der Waals surface area contributed by atoms with Gasteiger partial charge < -0.3 is 5.11 Å². The molecular weight excluding hydrogens is 222 g/mol. The van der Waals surface area contributed by atoms with Gasteiger partial charge in [-0.1, -0.05) is 0 Å². The van der Waals surface area contributed by atoms with Gasteiger partial charge in [0.1, 0.15) is 0 Å². The first-order valence-corrected chi connectivity index (χ1v) is 4.94. The Morgan fingerprint density at radius 2 is 2.07 bits per heavy atom. The first-order chi connectivity index (χ1) is 7.08. The van der Waals surface area contributed by atoms with Gasteiger partial charge in [0, 0.05) is 4.70 Å². The maximum absolute atomic E-state index is 12.4. The van der Waals surface area contributed by atoms with E-state index < -0.39 is 12.4 Å². The van der Waals surface area contributed by atoms with Crippen LogP contribution in [0.4, 0.5) is 8.78 Å². The SMILES string of the molecule is O=C(O)c1ccc2sc(C(F)F)cc2c1. The zero-order valence-electron chi connectivity index (χ0n) is 7.41. The van der Waals surface area contributed by atoms with Gasteiger partial charge in [0.15, 0.2) is 0 Å². The second-order valence-electron chi connectivity index (χ2n) is 3.01. The summed E-state index contributed by atoms with van der Waals surface area (Å²) in [5, 5.41) is 9.27. The van der Waals surface area contributed by atoms with Crippen LogP contribution in [0.1, 0.15) is 21.7 Å². The van der Waals surface area contributed by atoms with Crippen LogP contribution in [-0.2, 0) is 0 Å². The molecule has 2 rings (SSSR count). The molecule has 0 unspecified atom stereocenters. The van der Waals surface area contributed by atoms with Gasteiger partial charge in [-0.25, -0.2) is 13.6 Å². The van der Waals surface area contributed by atoms with Gasteiger partial charge in [0.2, 0.25) is 0 Å². The molecule has 1 N–H and O–H groups in total. The molecule has 0 fully saturated rings. The quantitative estimate of drug-likeness (QED) is 0.853. The van der Waals surface area contributed by atoms with Crippen molar-refractivity contribution in [2.45, 2.75) is 6.43 Å². The van der Waals surface area contributed by atoms with E-state index in [-0.39, 0.29) is 10.4 Å². The fraction of sp³-hybridized carbons (Fsp3) is 0.100. The Labute approximate surface area is 87.8 Å². The maximum Gasteiger partial charge on any atom is 0.335 e. The van der Waals surface area contributed by atoms with Gasteiger partial charge in [0.05, 0.1) is 10.4 Å². The summed E-state index contributed by atoms with van der Waals surface area (Å²) in [7, 11) is 0. The number of carboxylic acid groups (broad SMARTS) is 1. The summed E-state index contributed by atoms with van der Waals surface area (Å²) in [6, 6.07) is 5.70. The number of carbonyl (C=O) groups is 1. The van der Waals surface area contributed by atoms with Crippen molar-refractivity contribution >= 4 is 27.4 Å². The van der Waals surface area contributed by atoms with Crippen LogP contribution in [0.3, 0.4) is 0 Å². The Bertz CT molecular complexity index is 519. The third-order valence-corrected chi connectivity index (χ3v) is 3.12. The fourth-order valence-corrected chi connectivity index (χ4v) is 2.21. The minimum Gasteiger partial charge on any atom is -0.478 e. The van der Waals surface area contributed by atoms with Crippen LogP contribution in [0.5, 0.6) is 0 Å². The minimum absolute atomic E-state index is 0.0347. The largest absolute Gasteiger partial charge is 0.478 e. The molecule has 15 heavy (non-hydrogen) atoms. The lowest BCUT2D eigenvalue weighted by molar-refractivity contribution is 0.0697. The lowest BCUT2D eigenvalue weighted by Crippen LogP contribution is -1.94. The van der Waals surface area contributed by atoms with Gasteiger partial charge in [-0.15, -0.1) is 11.3 Å². The van der Waals surface area contributed by atoms with E-state index in [0.29, 0.717) is 10.1 Å². The summed E-state index contributed by atoms with van der Waals surface area (Å²) >= 11 is 0.983. The molecule has 0 bridgehead atoms. The zero-order chi connectivity index (χ0) is 11.0. The van der Waals surface area contributed by atoms with E-state index >= 15 is 0 Å². The summed E-state index contributed by atoms with van der Waals surface area (Å²) in [6.07, 6.45) is -2.50. The van der Waals surface area contributed by atoms with Gasteiger partial charge >= 0.3 is 5.97 Å². The van der Waals surface area contributed by atoms with E-state index in [2.05, 4.69) is 0 Å². The predicted molar refractivity (Wildman–Crippen MR) is 53.7 cm³/mol. The van der Waals surface area contributed by atoms with Crippen LogP contribution in [0.15, 0.2) is 24.3 Å². The predicted octanol–water partition coefficient (Wildman–Crippen LogP) is 3.54. The lowest BCUT2D eigenvalue weighted by atomic mass is 10.1. The van der Waals surface area contributed by atoms with Crippen molar-refractivity contribution in [3.63, 3.8) is 0 Å². The molecule has 0 spiro atoms. The Kier molecular flexibility index (Phi) is 2.40. The second kappa shape index (κ2) is 3.58. The number of alkyl halides is 2. The highest BCUT2D eigenvalue weighted by Crippen LogP contribution is 2.32. The molecule has 0 amide bonds. The maximum atomic E-state index is 12.4. The van der Waals surface area contributed by atoms with Crippen LogP contribution >= 0.6 is 11.3 Å². The number of benzene rings is 1. The van der Waals surface area contributed by atoms with Crippen molar-refractivity contribution in [1.82, 2.24) is 0 Å². The van der Waals surface area contributed by atoms with Crippen molar-refractivity contribution < 1.29 is 18.7 Å². The number of hydrogen-bond donors (Lipinski definition) is 1. The van der Waals surface area contributed by atoms with E-state index in [0.717, 1.165) is 11.3 Å². The summed E-state index contributed by atoms with van der Waals surface area (Å²) in [5.74, 6) is -1.05. The van der Waals surface area contributed by atoms with Crippen molar-refractivity contribution in [1.29, 1.82) is 0 Å². The number of hydrogen-bond acceptors (Lipinski definition) is 2. The van der Waals surface area contributed by atoms with Crippen LogP contribution in [-0.4, -0.2) is 11.1 Å². The van der Waals surface area contributed by atoms with Gasteiger partial charge in [-0.3, -0.25) is 0 Å². The molecule has 5 heteroatoms. The molecule has 0 atom stereocenters. The summed E-state index contributed by atoms with van der Waals surface area (Å²) < 4.78 is 25.4. The van der Waals surface area contributed by atoms with Crippen LogP contribution in [0.25, 0.3) is 10.1 Å². The number of carboxylic acids is 1. The number of halogens is 2. The van der Waals surface area contributed by atoms with Gasteiger partial charge in [-0.05, 0) is 29.7 Å². The Morgan fingerprint density at radius 1 is 1.33 bits per heavy atom. The lowest BCUT2D eigenvalue weighted by Gasteiger charge is -1.92. The molecule has 1 heterocycles. The third-order valence-electron chi connectivity index (χ3n) is 2.00. The van der Waals surface area contributed by atoms with Gasteiger partial charge in [0.25, 0.3) is 6.43 Å². The molecule has 2 nitrogen and oxygen atoms in total. The fourth-order valence-electron chi connectivity index (χ4n) is 1.30. The molecule has 0 aliphatic carbocycles. The van der Waals surface area contributed by atoms with Crippen LogP contribution < -0.4 is 0 Å². The molecule has 0 radical (unpaired) electrons. The molecule has 78 valence electrons. The number of thiophene rings is 1. The summed E-state index contributed by atoms with van der Waals surface area (Å²) in [4.78, 5) is 10.6. The van der Waals surface area contributed by atoms with E-state index in [4.69, 9.17) is 5.11 Å². The average molecular weight is 228 g/mol. The molecule has 0 saturated heterocycles. The third kappa shape index (κ3) is 1.83.